The van der Waals surface area contributed by atoms with Crippen LogP contribution in [0.1, 0.15) is 24.8 Å². The first kappa shape index (κ1) is 18.1. The molecule has 1 aliphatic carbocycles. The molecule has 4 N–H and O–H groups in total. The quantitative estimate of drug-likeness (QED) is 0.576. The van der Waals surface area contributed by atoms with E-state index in [0.29, 0.717) is 12.0 Å². The van der Waals surface area contributed by atoms with E-state index in [1.807, 2.05) is 12.0 Å². The minimum atomic E-state index is -4.64. The molecule has 0 aromatic heterocycles. The second-order valence-corrected chi connectivity index (χ2v) is 6.76. The summed E-state index contributed by atoms with van der Waals surface area (Å²) in [6.07, 6.45) is 4.03. The van der Waals surface area contributed by atoms with Gasteiger partial charge in [-0.15, -0.1) is 0 Å². The summed E-state index contributed by atoms with van der Waals surface area (Å²) in [4.78, 5) is 42.5. The van der Waals surface area contributed by atoms with Crippen LogP contribution in [0.3, 0.4) is 0 Å². The predicted octanol–water partition coefficient (Wildman–Crippen LogP) is 1.78. The molecule has 0 heterocycles. The van der Waals surface area contributed by atoms with E-state index in [2.05, 4.69) is 0 Å². The molecule has 1 aromatic carbocycles. The van der Waals surface area contributed by atoms with Gasteiger partial charge in [0, 0.05) is 17.7 Å². The zero-order valence-corrected chi connectivity index (χ0v) is 13.8. The van der Waals surface area contributed by atoms with Crippen LogP contribution in [0.5, 0.6) is 5.75 Å². The van der Waals surface area contributed by atoms with Gasteiger partial charge in [0.05, 0.1) is 5.92 Å². The lowest BCUT2D eigenvalue weighted by atomic mass is 9.82. The van der Waals surface area contributed by atoms with Crippen LogP contribution in [0.25, 0.3) is 0 Å². The molecule has 0 saturated carbocycles. The van der Waals surface area contributed by atoms with E-state index in [-0.39, 0.29) is 17.2 Å². The lowest BCUT2D eigenvalue weighted by Gasteiger charge is -2.24. The summed E-state index contributed by atoms with van der Waals surface area (Å²) < 4.78 is 11.2. The van der Waals surface area contributed by atoms with Gasteiger partial charge < -0.3 is 14.9 Å². The molecule has 1 aromatic rings. The minimum Gasteiger partial charge on any atom is -0.508 e. The van der Waals surface area contributed by atoms with Crippen molar-refractivity contribution >= 4 is 19.3 Å². The van der Waals surface area contributed by atoms with Gasteiger partial charge in [-0.25, -0.2) is 4.57 Å². The van der Waals surface area contributed by atoms with E-state index in [4.69, 9.17) is 9.79 Å². The number of carbonyl (C=O) groups is 2. The summed E-state index contributed by atoms with van der Waals surface area (Å²) in [6, 6.07) is 6.18. The van der Waals surface area contributed by atoms with Crippen molar-refractivity contribution in [3.8, 4) is 5.75 Å². The molecule has 2 atom stereocenters. The van der Waals surface area contributed by atoms with Crippen LogP contribution in [0.15, 0.2) is 48.2 Å². The predicted molar refractivity (Wildman–Crippen MR) is 87.0 cm³/mol. The highest BCUT2D eigenvalue weighted by molar-refractivity contribution is 7.49. The second-order valence-electron chi connectivity index (χ2n) is 5.45. The Bertz CT molecular complexity index is 746. The standard InChI is InChI=1S/C16H18NO6P/c1-2-13(10-3-5-11(18)6-4-10)16(20)14-8-7-12(19)9-15(14)17-24(21,22)23/h3-9,13-14,18H,2H2,1H3,(H3,17,21,22,23). The van der Waals surface area contributed by atoms with Crippen LogP contribution in [0.4, 0.5) is 0 Å². The number of hydrogen-bond acceptors (Lipinski definition) is 4. The number of benzene rings is 1. The number of rotatable bonds is 6. The Hall–Kier alpha value is -2.21. The summed E-state index contributed by atoms with van der Waals surface area (Å²) in [5.41, 5.74) is 0.569. The number of ketones is 2. The van der Waals surface area contributed by atoms with Crippen molar-refractivity contribution in [2.45, 2.75) is 19.3 Å². The van der Waals surface area contributed by atoms with E-state index in [9.17, 15) is 19.3 Å². The lowest BCUT2D eigenvalue weighted by Crippen LogP contribution is -2.29. The van der Waals surface area contributed by atoms with E-state index in [1.54, 1.807) is 12.1 Å². The lowest BCUT2D eigenvalue weighted by molar-refractivity contribution is -0.122. The van der Waals surface area contributed by atoms with Crippen LogP contribution in [-0.2, 0) is 14.2 Å². The maximum Gasteiger partial charge on any atom is 0.427 e. The SMILES string of the molecule is CCC(C(=O)C1C=CC(=O)C=C1NP(=O)(O)O)c1ccc(O)cc1. The molecule has 2 unspecified atom stereocenters. The first-order valence-electron chi connectivity index (χ1n) is 7.31. The summed E-state index contributed by atoms with van der Waals surface area (Å²) >= 11 is 0. The number of hydrogen-bond donors (Lipinski definition) is 4. The van der Waals surface area contributed by atoms with E-state index >= 15 is 0 Å². The topological polar surface area (TPSA) is 124 Å². The molecule has 0 aliphatic heterocycles. The van der Waals surface area contributed by atoms with Gasteiger partial charge in [-0.05, 0) is 30.2 Å². The molecule has 8 heteroatoms. The largest absolute Gasteiger partial charge is 0.508 e. The number of nitrogens with one attached hydrogen (secondary N) is 1. The molecular weight excluding hydrogens is 333 g/mol. The molecule has 0 radical (unpaired) electrons. The van der Waals surface area contributed by atoms with Gasteiger partial charge in [0.2, 0.25) is 0 Å². The zero-order chi connectivity index (χ0) is 17.9. The van der Waals surface area contributed by atoms with Gasteiger partial charge in [-0.2, -0.15) is 0 Å². The van der Waals surface area contributed by atoms with Crippen molar-refractivity contribution in [2.24, 2.45) is 5.92 Å². The van der Waals surface area contributed by atoms with Gasteiger partial charge >= 0.3 is 7.75 Å². The number of allylic oxidation sites excluding steroid dienone is 3. The fourth-order valence-electron chi connectivity index (χ4n) is 2.63. The average Bonchev–Trinajstić information content (AvgIpc) is 2.48. The van der Waals surface area contributed by atoms with Gasteiger partial charge in [0.15, 0.2) is 11.6 Å². The van der Waals surface area contributed by atoms with Gasteiger partial charge in [0.25, 0.3) is 0 Å². The van der Waals surface area contributed by atoms with E-state index in [0.717, 1.165) is 6.08 Å². The summed E-state index contributed by atoms with van der Waals surface area (Å²) in [5.74, 6) is -2.15. The third kappa shape index (κ3) is 4.41. The Labute approximate surface area is 138 Å². The molecule has 0 fully saturated rings. The summed E-state index contributed by atoms with van der Waals surface area (Å²) in [7, 11) is -4.64. The van der Waals surface area contributed by atoms with Crippen LogP contribution in [0.2, 0.25) is 0 Å². The molecule has 0 bridgehead atoms. The van der Waals surface area contributed by atoms with Gasteiger partial charge in [0.1, 0.15) is 5.75 Å². The smallest absolute Gasteiger partial charge is 0.427 e. The van der Waals surface area contributed by atoms with E-state index in [1.165, 1.54) is 24.3 Å². The van der Waals surface area contributed by atoms with Crippen molar-refractivity contribution in [1.29, 1.82) is 0 Å². The van der Waals surface area contributed by atoms with Crippen LogP contribution in [0, 0.1) is 5.92 Å². The van der Waals surface area contributed by atoms with Crippen molar-refractivity contribution in [3.05, 3.63) is 53.8 Å². The minimum absolute atomic E-state index is 0.0768. The molecule has 0 spiro atoms. The Morgan fingerprint density at radius 1 is 1.29 bits per heavy atom. The molecular formula is C16H18NO6P. The molecule has 128 valence electrons. The van der Waals surface area contributed by atoms with Crippen LogP contribution >= 0.6 is 7.75 Å². The maximum absolute atomic E-state index is 12.9. The normalized spacial score (nSPS) is 18.9. The first-order chi connectivity index (χ1) is 11.2. The van der Waals surface area contributed by atoms with Crippen LogP contribution < -0.4 is 5.09 Å². The van der Waals surface area contributed by atoms with Gasteiger partial charge in [-0.1, -0.05) is 25.1 Å². The third-order valence-electron chi connectivity index (χ3n) is 3.71. The Balaban J connectivity index is 2.32. The van der Waals surface area contributed by atoms with Crippen molar-refractivity contribution in [2.75, 3.05) is 0 Å². The highest BCUT2D eigenvalue weighted by Gasteiger charge is 2.32. The fourth-order valence-corrected chi connectivity index (χ4v) is 3.17. The molecule has 0 amide bonds. The number of phenols is 1. The molecule has 2 rings (SSSR count). The van der Waals surface area contributed by atoms with Crippen molar-refractivity contribution in [3.63, 3.8) is 0 Å². The van der Waals surface area contributed by atoms with Crippen molar-refractivity contribution in [1.82, 2.24) is 5.09 Å². The number of carbonyl (C=O) groups excluding carboxylic acids is 2. The summed E-state index contributed by atoms with van der Waals surface area (Å²) in [6.45, 7) is 1.81. The number of phenolic OH excluding ortho intramolecular Hbond substituents is 1. The maximum atomic E-state index is 12.9. The monoisotopic (exact) mass is 351 g/mol. The Kier molecular flexibility index (Phi) is 5.39. The Morgan fingerprint density at radius 3 is 2.46 bits per heavy atom. The van der Waals surface area contributed by atoms with Crippen molar-refractivity contribution < 1.29 is 29.0 Å². The fraction of sp³-hybridized carbons (Fsp3) is 0.250. The molecule has 1 aliphatic rings. The Morgan fingerprint density at radius 2 is 1.92 bits per heavy atom. The highest BCUT2D eigenvalue weighted by Crippen LogP contribution is 2.36. The van der Waals surface area contributed by atoms with Gasteiger partial charge in [-0.3, -0.25) is 14.7 Å². The third-order valence-corrected chi connectivity index (χ3v) is 4.26. The first-order valence-corrected chi connectivity index (χ1v) is 8.92. The average molecular weight is 351 g/mol. The number of aromatic hydroxyl groups is 1. The second kappa shape index (κ2) is 7.13. The van der Waals surface area contributed by atoms with Crippen LogP contribution in [-0.4, -0.2) is 26.5 Å². The summed E-state index contributed by atoms with van der Waals surface area (Å²) in [5, 5.41) is 11.3. The van der Waals surface area contributed by atoms with E-state index < -0.39 is 25.4 Å². The zero-order valence-electron chi connectivity index (χ0n) is 12.9. The molecule has 0 saturated heterocycles. The number of Topliss-reactive ketones (excluding diaryl/α,β-unsaturated/α-hetero) is 1. The molecule has 7 nitrogen and oxygen atoms in total. The molecule has 24 heavy (non-hydrogen) atoms. The highest BCUT2D eigenvalue weighted by atomic mass is 31.2.